The van der Waals surface area contributed by atoms with E-state index in [2.05, 4.69) is 11.8 Å². The van der Waals surface area contributed by atoms with E-state index in [0.29, 0.717) is 6.10 Å². The molecule has 6 heteroatoms. The number of amides is 1. The van der Waals surface area contributed by atoms with Gasteiger partial charge in [-0.25, -0.2) is 4.79 Å². The van der Waals surface area contributed by atoms with Crippen LogP contribution < -0.4 is 0 Å². The first-order valence-electron chi connectivity index (χ1n) is 8.37. The van der Waals surface area contributed by atoms with Gasteiger partial charge in [0, 0.05) is 39.9 Å². The first-order chi connectivity index (χ1) is 10.6. The summed E-state index contributed by atoms with van der Waals surface area (Å²) in [5.74, 6) is 0. The Labute approximate surface area is 134 Å². The summed E-state index contributed by atoms with van der Waals surface area (Å²) in [5, 5.41) is 8.99. The van der Waals surface area contributed by atoms with Gasteiger partial charge in [0.05, 0.1) is 12.7 Å². The Balaban J connectivity index is 2.11. The number of nitrogens with zero attached hydrogens (tertiary/aromatic N) is 2. The van der Waals surface area contributed by atoms with Crippen molar-refractivity contribution in [3.63, 3.8) is 0 Å². The highest BCUT2D eigenvalue weighted by Crippen LogP contribution is 2.24. The number of carbonyl (C=O) groups is 1. The molecule has 6 nitrogen and oxygen atoms in total. The number of hydrogen-bond donors (Lipinski definition) is 1. The molecule has 0 aromatic rings. The van der Waals surface area contributed by atoms with Crippen molar-refractivity contribution in [2.45, 2.75) is 51.2 Å². The summed E-state index contributed by atoms with van der Waals surface area (Å²) >= 11 is 0. The van der Waals surface area contributed by atoms with E-state index in [1.54, 1.807) is 14.2 Å². The third-order valence-corrected chi connectivity index (χ3v) is 4.52. The van der Waals surface area contributed by atoms with Gasteiger partial charge in [-0.1, -0.05) is 6.92 Å². The smallest absolute Gasteiger partial charge is 0.407 e. The highest BCUT2D eigenvalue weighted by molar-refractivity contribution is 5.64. The Morgan fingerprint density at radius 1 is 1.18 bits per heavy atom. The van der Waals surface area contributed by atoms with E-state index in [1.165, 1.54) is 4.90 Å². The molecule has 1 fully saturated rings. The lowest BCUT2D eigenvalue weighted by molar-refractivity contribution is 0.00748. The molecular formula is C16H32N2O4. The van der Waals surface area contributed by atoms with Gasteiger partial charge in [0.15, 0.2) is 0 Å². The zero-order chi connectivity index (χ0) is 16.4. The topological polar surface area (TPSA) is 62.2 Å². The van der Waals surface area contributed by atoms with Gasteiger partial charge in [-0.3, -0.25) is 0 Å². The highest BCUT2D eigenvalue weighted by atomic mass is 16.5. The SMILES string of the molecule is CCN(CCCOC1CCC(N(C)C(=O)O)CC1)CCOC. The van der Waals surface area contributed by atoms with Gasteiger partial charge in [-0.15, -0.1) is 0 Å². The van der Waals surface area contributed by atoms with E-state index in [0.717, 1.165) is 65.0 Å². The van der Waals surface area contributed by atoms with Crippen LogP contribution in [0.1, 0.15) is 39.0 Å². The minimum absolute atomic E-state index is 0.155. The average Bonchev–Trinajstić information content (AvgIpc) is 2.54. The largest absolute Gasteiger partial charge is 0.465 e. The summed E-state index contributed by atoms with van der Waals surface area (Å²) in [5.41, 5.74) is 0. The van der Waals surface area contributed by atoms with Crippen molar-refractivity contribution in [3.05, 3.63) is 0 Å². The van der Waals surface area contributed by atoms with Crippen molar-refractivity contribution in [1.82, 2.24) is 9.80 Å². The molecule has 1 rings (SSSR count). The number of hydrogen-bond acceptors (Lipinski definition) is 4. The van der Waals surface area contributed by atoms with Gasteiger partial charge in [0.25, 0.3) is 0 Å². The molecular weight excluding hydrogens is 284 g/mol. The maximum Gasteiger partial charge on any atom is 0.407 e. The van der Waals surface area contributed by atoms with E-state index in [-0.39, 0.29) is 6.04 Å². The summed E-state index contributed by atoms with van der Waals surface area (Å²) in [6.07, 6.45) is 4.23. The summed E-state index contributed by atoms with van der Waals surface area (Å²) in [6.45, 7) is 6.77. The van der Waals surface area contributed by atoms with Crippen LogP contribution in [0.3, 0.4) is 0 Å². The molecule has 1 N–H and O–H groups in total. The second-order valence-corrected chi connectivity index (χ2v) is 5.98. The highest BCUT2D eigenvalue weighted by Gasteiger charge is 2.26. The van der Waals surface area contributed by atoms with E-state index < -0.39 is 6.09 Å². The van der Waals surface area contributed by atoms with Crippen molar-refractivity contribution < 1.29 is 19.4 Å². The van der Waals surface area contributed by atoms with Gasteiger partial charge >= 0.3 is 6.09 Å². The molecule has 22 heavy (non-hydrogen) atoms. The van der Waals surface area contributed by atoms with Crippen LogP contribution in [0.4, 0.5) is 4.79 Å². The number of carboxylic acid groups (broad SMARTS) is 1. The molecule has 1 saturated carbocycles. The second-order valence-electron chi connectivity index (χ2n) is 5.98. The van der Waals surface area contributed by atoms with Crippen LogP contribution >= 0.6 is 0 Å². The van der Waals surface area contributed by atoms with Crippen LogP contribution in [-0.2, 0) is 9.47 Å². The zero-order valence-corrected chi connectivity index (χ0v) is 14.3. The molecule has 0 spiro atoms. The van der Waals surface area contributed by atoms with Crippen LogP contribution in [0.5, 0.6) is 0 Å². The fourth-order valence-electron chi connectivity index (χ4n) is 2.94. The Morgan fingerprint density at radius 3 is 2.41 bits per heavy atom. The molecule has 0 bridgehead atoms. The fraction of sp³-hybridized carbons (Fsp3) is 0.938. The lowest BCUT2D eigenvalue weighted by Crippen LogP contribution is -2.40. The first kappa shape index (κ1) is 19.2. The van der Waals surface area contributed by atoms with E-state index in [4.69, 9.17) is 14.6 Å². The number of likely N-dealkylation sites (N-methyl/N-ethyl adjacent to an activating group) is 1. The van der Waals surface area contributed by atoms with Crippen LogP contribution in [0.25, 0.3) is 0 Å². The molecule has 1 aliphatic rings. The summed E-state index contributed by atoms with van der Waals surface area (Å²) in [4.78, 5) is 14.7. The molecule has 130 valence electrons. The molecule has 0 aromatic heterocycles. The molecule has 0 unspecified atom stereocenters. The third kappa shape index (κ3) is 6.94. The van der Waals surface area contributed by atoms with Crippen molar-refractivity contribution in [2.24, 2.45) is 0 Å². The Bertz CT molecular complexity index is 307. The number of methoxy groups -OCH3 is 1. The molecule has 0 radical (unpaired) electrons. The summed E-state index contributed by atoms with van der Waals surface area (Å²) in [7, 11) is 3.39. The lowest BCUT2D eigenvalue weighted by atomic mass is 9.92. The molecule has 1 aliphatic carbocycles. The normalized spacial score (nSPS) is 22.0. The monoisotopic (exact) mass is 316 g/mol. The van der Waals surface area contributed by atoms with Crippen LogP contribution in [0, 0.1) is 0 Å². The standard InChI is InChI=1S/C16H32N2O4/c1-4-18(11-13-21-3)10-5-12-22-15-8-6-14(7-9-15)17(2)16(19)20/h14-15H,4-13H2,1-3H3,(H,19,20). The van der Waals surface area contributed by atoms with Gasteiger partial charge in [0.2, 0.25) is 0 Å². The van der Waals surface area contributed by atoms with Crippen molar-refractivity contribution >= 4 is 6.09 Å². The van der Waals surface area contributed by atoms with Gasteiger partial charge in [-0.2, -0.15) is 0 Å². The molecule has 0 atom stereocenters. The van der Waals surface area contributed by atoms with Crippen molar-refractivity contribution in [2.75, 3.05) is 47.0 Å². The summed E-state index contributed by atoms with van der Waals surface area (Å²) in [6, 6.07) is 0.155. The van der Waals surface area contributed by atoms with E-state index in [1.807, 2.05) is 0 Å². The molecule has 0 aliphatic heterocycles. The Hall–Kier alpha value is -0.850. The Kier molecular flexibility index (Phi) is 9.43. The second kappa shape index (κ2) is 10.8. The molecule has 1 amide bonds. The van der Waals surface area contributed by atoms with Gasteiger partial charge in [-0.05, 0) is 38.6 Å². The van der Waals surface area contributed by atoms with Crippen LogP contribution in [0.2, 0.25) is 0 Å². The molecule has 0 aromatic carbocycles. The predicted octanol–water partition coefficient (Wildman–Crippen LogP) is 2.28. The number of ether oxygens (including phenoxy) is 2. The minimum Gasteiger partial charge on any atom is -0.465 e. The number of rotatable bonds is 10. The maximum atomic E-state index is 10.9. The van der Waals surface area contributed by atoms with Crippen molar-refractivity contribution in [1.29, 1.82) is 0 Å². The average molecular weight is 316 g/mol. The van der Waals surface area contributed by atoms with Gasteiger partial charge < -0.3 is 24.4 Å². The quantitative estimate of drug-likeness (QED) is 0.627. The summed E-state index contributed by atoms with van der Waals surface area (Å²) < 4.78 is 11.1. The molecule has 0 saturated heterocycles. The molecule has 0 heterocycles. The third-order valence-electron chi connectivity index (χ3n) is 4.52. The van der Waals surface area contributed by atoms with Crippen molar-refractivity contribution in [3.8, 4) is 0 Å². The minimum atomic E-state index is -0.833. The predicted molar refractivity (Wildman–Crippen MR) is 86.4 cm³/mol. The Morgan fingerprint density at radius 2 is 1.86 bits per heavy atom. The first-order valence-corrected chi connectivity index (χ1v) is 8.37. The lowest BCUT2D eigenvalue weighted by Gasteiger charge is -2.33. The van der Waals surface area contributed by atoms with E-state index in [9.17, 15) is 4.79 Å². The van der Waals surface area contributed by atoms with Crippen LogP contribution in [0.15, 0.2) is 0 Å². The fourth-order valence-corrected chi connectivity index (χ4v) is 2.94. The van der Waals surface area contributed by atoms with Crippen LogP contribution in [-0.4, -0.2) is 80.2 Å². The van der Waals surface area contributed by atoms with E-state index >= 15 is 0 Å². The maximum absolute atomic E-state index is 10.9. The van der Waals surface area contributed by atoms with Gasteiger partial charge in [0.1, 0.15) is 0 Å². The zero-order valence-electron chi connectivity index (χ0n) is 14.3.